The molecule has 0 fully saturated rings. The van der Waals surface area contributed by atoms with E-state index in [0.29, 0.717) is 19.1 Å². The van der Waals surface area contributed by atoms with Gasteiger partial charge in [-0.25, -0.2) is 0 Å². The van der Waals surface area contributed by atoms with Crippen LogP contribution in [0.25, 0.3) is 0 Å². The Kier molecular flexibility index (Phi) is 8.30. The van der Waals surface area contributed by atoms with Crippen LogP contribution in [-0.2, 0) is 11.8 Å². The van der Waals surface area contributed by atoms with Crippen molar-refractivity contribution in [2.75, 3.05) is 25.1 Å². The molecule has 0 aliphatic rings. The second-order valence-corrected chi connectivity index (χ2v) is 5.36. The molecule has 0 saturated carbocycles. The highest BCUT2D eigenvalue weighted by Gasteiger charge is 2.09. The van der Waals surface area contributed by atoms with Gasteiger partial charge in [-0.2, -0.15) is 5.10 Å². The molecule has 0 radical (unpaired) electrons. The van der Waals surface area contributed by atoms with Crippen molar-refractivity contribution in [2.45, 2.75) is 45.6 Å². The van der Waals surface area contributed by atoms with Gasteiger partial charge in [0.1, 0.15) is 5.82 Å². The molecule has 0 aromatic carbocycles. The van der Waals surface area contributed by atoms with Crippen LogP contribution in [0.4, 0.5) is 5.82 Å². The summed E-state index contributed by atoms with van der Waals surface area (Å²) >= 11 is 0. The van der Waals surface area contributed by atoms with Crippen LogP contribution in [-0.4, -0.2) is 40.7 Å². The zero-order chi connectivity index (χ0) is 14.8. The van der Waals surface area contributed by atoms with E-state index in [1.807, 2.05) is 19.3 Å². The number of aliphatic hydroxyl groups excluding tert-OH is 1. The van der Waals surface area contributed by atoms with Crippen LogP contribution in [0.3, 0.4) is 0 Å². The maximum atomic E-state index is 9.86. The predicted octanol–water partition coefficient (Wildman–Crippen LogP) is 2.43. The zero-order valence-electron chi connectivity index (χ0n) is 13.0. The lowest BCUT2D eigenvalue weighted by Crippen LogP contribution is -2.26. The Hall–Kier alpha value is -1.07. The first-order valence-corrected chi connectivity index (χ1v) is 7.65. The van der Waals surface area contributed by atoms with Crippen molar-refractivity contribution in [3.05, 3.63) is 12.3 Å². The van der Waals surface area contributed by atoms with Crippen LogP contribution in [0.15, 0.2) is 12.3 Å². The van der Waals surface area contributed by atoms with E-state index >= 15 is 0 Å². The number of hydrogen-bond acceptors (Lipinski definition) is 4. The topological polar surface area (TPSA) is 59.3 Å². The molecule has 0 aliphatic heterocycles. The van der Waals surface area contributed by atoms with Gasteiger partial charge in [-0.3, -0.25) is 4.68 Å². The Morgan fingerprint density at radius 2 is 2.20 bits per heavy atom. The van der Waals surface area contributed by atoms with Crippen molar-refractivity contribution >= 4 is 5.82 Å². The molecule has 0 amide bonds. The van der Waals surface area contributed by atoms with Crippen LogP contribution in [0.1, 0.15) is 39.5 Å². The molecule has 1 aromatic heterocycles. The maximum absolute atomic E-state index is 9.86. The molecule has 0 aliphatic carbocycles. The minimum absolute atomic E-state index is 0.377. The monoisotopic (exact) mass is 283 g/mol. The van der Waals surface area contributed by atoms with Gasteiger partial charge < -0.3 is 15.2 Å². The minimum atomic E-state index is -0.499. The SMILES string of the molecule is CCCCC(CC)COCC(O)CNc1ccn(C)n1. The Morgan fingerprint density at radius 3 is 2.80 bits per heavy atom. The summed E-state index contributed by atoms with van der Waals surface area (Å²) in [5, 5.41) is 17.1. The minimum Gasteiger partial charge on any atom is -0.389 e. The van der Waals surface area contributed by atoms with Gasteiger partial charge in [-0.1, -0.05) is 33.1 Å². The lowest BCUT2D eigenvalue weighted by Gasteiger charge is -2.17. The highest BCUT2D eigenvalue weighted by atomic mass is 16.5. The van der Waals surface area contributed by atoms with Crippen LogP contribution in [0.5, 0.6) is 0 Å². The first-order chi connectivity index (χ1) is 9.65. The number of rotatable bonds is 11. The first kappa shape index (κ1) is 17.0. The Bertz CT molecular complexity index is 355. The molecule has 116 valence electrons. The van der Waals surface area contributed by atoms with Crippen molar-refractivity contribution in [1.29, 1.82) is 0 Å². The quantitative estimate of drug-likeness (QED) is 0.655. The molecule has 20 heavy (non-hydrogen) atoms. The molecule has 5 nitrogen and oxygen atoms in total. The van der Waals surface area contributed by atoms with Crippen molar-refractivity contribution in [3.63, 3.8) is 0 Å². The average molecular weight is 283 g/mol. The Morgan fingerprint density at radius 1 is 1.40 bits per heavy atom. The number of ether oxygens (including phenoxy) is 1. The Balaban J connectivity index is 2.11. The van der Waals surface area contributed by atoms with Gasteiger partial charge in [0.2, 0.25) is 0 Å². The Labute approximate surface area is 122 Å². The average Bonchev–Trinajstić information content (AvgIpc) is 2.86. The summed E-state index contributed by atoms with van der Waals surface area (Å²) in [6.07, 6.45) is 6.21. The normalized spacial score (nSPS) is 14.2. The van der Waals surface area contributed by atoms with E-state index in [-0.39, 0.29) is 0 Å². The summed E-state index contributed by atoms with van der Waals surface area (Å²) in [5.41, 5.74) is 0. The molecule has 5 heteroatoms. The summed E-state index contributed by atoms with van der Waals surface area (Å²) < 4.78 is 7.35. The second kappa shape index (κ2) is 9.77. The molecule has 0 saturated heterocycles. The van der Waals surface area contributed by atoms with Crippen molar-refractivity contribution in [2.24, 2.45) is 13.0 Å². The fourth-order valence-corrected chi connectivity index (χ4v) is 2.06. The smallest absolute Gasteiger partial charge is 0.148 e. The van der Waals surface area contributed by atoms with Crippen molar-refractivity contribution in [1.82, 2.24) is 9.78 Å². The van der Waals surface area contributed by atoms with E-state index in [0.717, 1.165) is 18.8 Å². The summed E-state index contributed by atoms with van der Waals surface area (Å²) in [6, 6.07) is 1.88. The van der Waals surface area contributed by atoms with E-state index in [4.69, 9.17) is 4.74 Å². The lowest BCUT2D eigenvalue weighted by atomic mass is 10.0. The summed E-state index contributed by atoms with van der Waals surface area (Å²) in [7, 11) is 1.87. The van der Waals surface area contributed by atoms with Gasteiger partial charge in [0, 0.05) is 32.5 Å². The summed E-state index contributed by atoms with van der Waals surface area (Å²) in [6.45, 7) is 5.99. The number of nitrogens with one attached hydrogen (secondary N) is 1. The van der Waals surface area contributed by atoms with E-state index in [9.17, 15) is 5.11 Å². The predicted molar refractivity (Wildman–Crippen MR) is 81.8 cm³/mol. The molecule has 2 N–H and O–H groups in total. The maximum Gasteiger partial charge on any atom is 0.148 e. The van der Waals surface area contributed by atoms with Gasteiger partial charge >= 0.3 is 0 Å². The molecule has 1 heterocycles. The molecule has 2 unspecified atom stereocenters. The number of hydrogen-bond donors (Lipinski definition) is 2. The fraction of sp³-hybridized carbons (Fsp3) is 0.800. The highest BCUT2D eigenvalue weighted by molar-refractivity contribution is 5.31. The number of unbranched alkanes of at least 4 members (excludes halogenated alkanes) is 1. The lowest BCUT2D eigenvalue weighted by molar-refractivity contribution is 0.0245. The molecule has 0 spiro atoms. The van der Waals surface area contributed by atoms with Crippen LogP contribution < -0.4 is 5.32 Å². The number of aryl methyl sites for hydroxylation is 1. The third kappa shape index (κ3) is 6.91. The van der Waals surface area contributed by atoms with Crippen LogP contribution in [0, 0.1) is 5.92 Å². The van der Waals surface area contributed by atoms with Gasteiger partial charge in [-0.05, 0) is 12.3 Å². The summed E-state index contributed by atoms with van der Waals surface area (Å²) in [4.78, 5) is 0. The molecular formula is C15H29N3O2. The van der Waals surface area contributed by atoms with E-state index in [1.165, 1.54) is 19.3 Å². The third-order valence-electron chi connectivity index (χ3n) is 3.44. The molecule has 0 bridgehead atoms. The van der Waals surface area contributed by atoms with E-state index in [1.54, 1.807) is 4.68 Å². The zero-order valence-corrected chi connectivity index (χ0v) is 13.0. The number of nitrogens with zero attached hydrogens (tertiary/aromatic N) is 2. The van der Waals surface area contributed by atoms with Crippen LogP contribution >= 0.6 is 0 Å². The largest absolute Gasteiger partial charge is 0.389 e. The van der Waals surface area contributed by atoms with Crippen molar-refractivity contribution in [3.8, 4) is 0 Å². The summed E-state index contributed by atoms with van der Waals surface area (Å²) in [5.74, 6) is 1.40. The number of aliphatic hydroxyl groups is 1. The fourth-order valence-electron chi connectivity index (χ4n) is 2.06. The van der Waals surface area contributed by atoms with Crippen LogP contribution in [0.2, 0.25) is 0 Å². The number of aromatic nitrogens is 2. The van der Waals surface area contributed by atoms with E-state index < -0.39 is 6.10 Å². The van der Waals surface area contributed by atoms with Gasteiger partial charge in [0.05, 0.1) is 12.7 Å². The highest BCUT2D eigenvalue weighted by Crippen LogP contribution is 2.12. The van der Waals surface area contributed by atoms with Crippen molar-refractivity contribution < 1.29 is 9.84 Å². The van der Waals surface area contributed by atoms with E-state index in [2.05, 4.69) is 24.3 Å². The molecule has 1 aromatic rings. The van der Waals surface area contributed by atoms with Gasteiger partial charge in [0.25, 0.3) is 0 Å². The molecule has 1 rings (SSSR count). The first-order valence-electron chi connectivity index (χ1n) is 7.65. The number of anilines is 1. The molecule has 2 atom stereocenters. The second-order valence-electron chi connectivity index (χ2n) is 5.36. The standard InChI is InChI=1S/C15H29N3O2/c1-4-6-7-13(5-2)11-20-12-14(19)10-16-15-8-9-18(3)17-15/h8-9,13-14,19H,4-7,10-12H2,1-3H3,(H,16,17). The molecular weight excluding hydrogens is 254 g/mol. The van der Waals surface area contributed by atoms with Gasteiger partial charge in [0.15, 0.2) is 0 Å². The third-order valence-corrected chi connectivity index (χ3v) is 3.44. The van der Waals surface area contributed by atoms with Gasteiger partial charge in [-0.15, -0.1) is 0 Å².